The van der Waals surface area contributed by atoms with E-state index in [9.17, 15) is 24.6 Å². The van der Waals surface area contributed by atoms with Gasteiger partial charge in [0.1, 0.15) is 0 Å². The summed E-state index contributed by atoms with van der Waals surface area (Å²) < 4.78 is -0.510. The average molecular weight is 507 g/mol. The summed E-state index contributed by atoms with van der Waals surface area (Å²) in [6, 6.07) is 30.5. The summed E-state index contributed by atoms with van der Waals surface area (Å²) in [5.41, 5.74) is 1.23. The molecule has 0 aromatic heterocycles. The first kappa shape index (κ1) is 27.0. The zero-order valence-electron chi connectivity index (χ0n) is 19.9. The van der Waals surface area contributed by atoms with E-state index in [4.69, 9.17) is 5.11 Å². The average Bonchev–Trinajstić information content (AvgIpc) is 2.89. The lowest BCUT2D eigenvalue weighted by molar-refractivity contribution is -0.166. The van der Waals surface area contributed by atoms with Crippen LogP contribution in [0.25, 0.3) is 0 Å². The third-order valence-corrected chi connectivity index (χ3v) is 8.07. The van der Waals surface area contributed by atoms with Crippen molar-refractivity contribution >= 4 is 29.7 Å². The van der Waals surface area contributed by atoms with Gasteiger partial charge in [-0.2, -0.15) is 0 Å². The quantitative estimate of drug-likeness (QED) is 0.142. The molecule has 6 nitrogen and oxygen atoms in total. The number of carboxylic acid groups (broad SMARTS) is 3. The van der Waals surface area contributed by atoms with Crippen LogP contribution in [0.15, 0.2) is 91.0 Å². The first-order valence-corrected chi connectivity index (χ1v) is 12.8. The molecule has 0 heterocycles. The monoisotopic (exact) mass is 506 g/mol. The third kappa shape index (κ3) is 5.97. The molecule has 0 bridgehead atoms. The van der Waals surface area contributed by atoms with Crippen LogP contribution in [-0.4, -0.2) is 39.0 Å². The number of aliphatic carboxylic acids is 3. The maximum Gasteiger partial charge on any atom is 0.321 e. The molecule has 0 unspecified atom stereocenters. The highest BCUT2D eigenvalue weighted by molar-refractivity contribution is 8.00. The maximum atomic E-state index is 11.9. The second-order valence-corrected chi connectivity index (χ2v) is 9.98. The highest BCUT2D eigenvalue weighted by atomic mass is 32.2. The summed E-state index contributed by atoms with van der Waals surface area (Å²) >= 11 is 1.72. The second kappa shape index (κ2) is 12.4. The zero-order valence-corrected chi connectivity index (χ0v) is 20.7. The smallest absolute Gasteiger partial charge is 0.321 e. The van der Waals surface area contributed by atoms with Crippen LogP contribution in [-0.2, 0) is 19.1 Å². The van der Waals surface area contributed by atoms with Crippen molar-refractivity contribution in [3.05, 3.63) is 108 Å². The van der Waals surface area contributed by atoms with Gasteiger partial charge in [-0.3, -0.25) is 14.4 Å². The van der Waals surface area contributed by atoms with Gasteiger partial charge in [0.25, 0.3) is 0 Å². The molecule has 36 heavy (non-hydrogen) atoms. The van der Waals surface area contributed by atoms with Gasteiger partial charge in [0.05, 0.1) is 4.75 Å². The zero-order chi connectivity index (χ0) is 26.0. The van der Waals surface area contributed by atoms with E-state index in [-0.39, 0.29) is 6.42 Å². The lowest BCUT2D eigenvalue weighted by atomic mass is 9.78. The summed E-state index contributed by atoms with van der Waals surface area (Å²) in [7, 11) is 0. The molecule has 3 N–H and O–H groups in total. The Morgan fingerprint density at radius 1 is 0.611 bits per heavy atom. The van der Waals surface area contributed by atoms with Crippen molar-refractivity contribution in [2.75, 3.05) is 5.75 Å². The van der Waals surface area contributed by atoms with E-state index >= 15 is 0 Å². The fourth-order valence-electron chi connectivity index (χ4n) is 4.49. The standard InChI is InChI=1S/C29H30O6S/c30-25(31)18-20-28(26(32)33,27(34)35)19-10-11-21-36-29(22-12-4-1-5-13-22,23-14-6-2-7-15-23)24-16-8-3-9-17-24/h1-9,12-17H,10-11,18-21H2,(H,30,31)(H,32,33)(H,34,35). The van der Waals surface area contributed by atoms with Gasteiger partial charge in [0, 0.05) is 6.42 Å². The lowest BCUT2D eigenvalue weighted by Crippen LogP contribution is -2.40. The summed E-state index contributed by atoms with van der Waals surface area (Å²) in [5.74, 6) is -3.55. The van der Waals surface area contributed by atoms with Crippen molar-refractivity contribution < 1.29 is 29.7 Å². The minimum atomic E-state index is -2.10. The number of unbranched alkanes of at least 4 members (excludes halogenated alkanes) is 1. The van der Waals surface area contributed by atoms with Gasteiger partial charge in [0.15, 0.2) is 5.41 Å². The highest BCUT2D eigenvalue weighted by Crippen LogP contribution is 2.48. The van der Waals surface area contributed by atoms with E-state index in [1.807, 2.05) is 54.6 Å². The van der Waals surface area contributed by atoms with E-state index in [1.54, 1.807) is 11.8 Å². The molecular formula is C29H30O6S. The number of hydrogen-bond acceptors (Lipinski definition) is 4. The molecule has 0 aliphatic carbocycles. The van der Waals surface area contributed by atoms with Crippen molar-refractivity contribution in [3.63, 3.8) is 0 Å². The van der Waals surface area contributed by atoms with Crippen molar-refractivity contribution in [1.29, 1.82) is 0 Å². The number of thioether (sulfide) groups is 1. The number of carboxylic acids is 3. The van der Waals surface area contributed by atoms with Crippen LogP contribution in [0.3, 0.4) is 0 Å². The molecular weight excluding hydrogens is 476 g/mol. The number of hydrogen-bond donors (Lipinski definition) is 3. The maximum absolute atomic E-state index is 11.9. The Morgan fingerprint density at radius 2 is 1.03 bits per heavy atom. The van der Waals surface area contributed by atoms with Crippen molar-refractivity contribution in [2.45, 2.75) is 36.9 Å². The first-order valence-electron chi connectivity index (χ1n) is 11.8. The second-order valence-electron chi connectivity index (χ2n) is 8.67. The first-order chi connectivity index (χ1) is 17.3. The Morgan fingerprint density at radius 3 is 1.39 bits per heavy atom. The summed E-state index contributed by atoms with van der Waals surface area (Å²) in [4.78, 5) is 34.7. The topological polar surface area (TPSA) is 112 Å². The van der Waals surface area contributed by atoms with Crippen LogP contribution in [0.4, 0.5) is 0 Å². The number of carbonyl (C=O) groups is 3. The molecule has 0 fully saturated rings. The summed E-state index contributed by atoms with van der Waals surface area (Å²) in [5, 5.41) is 28.3. The molecule has 0 aliphatic heterocycles. The van der Waals surface area contributed by atoms with Crippen molar-refractivity contribution in [3.8, 4) is 0 Å². The minimum Gasteiger partial charge on any atom is -0.481 e. The van der Waals surface area contributed by atoms with E-state index in [1.165, 1.54) is 0 Å². The SMILES string of the molecule is O=C(O)CCC(CCCCSC(c1ccccc1)(c1ccccc1)c1ccccc1)(C(=O)O)C(=O)O. The van der Waals surface area contributed by atoms with Crippen LogP contribution in [0.1, 0.15) is 48.8 Å². The number of rotatable bonds is 14. The van der Waals surface area contributed by atoms with Crippen LogP contribution < -0.4 is 0 Å². The van der Waals surface area contributed by atoms with Crippen LogP contribution in [0.5, 0.6) is 0 Å². The molecule has 0 saturated carbocycles. The Balaban J connectivity index is 1.86. The van der Waals surface area contributed by atoms with Crippen molar-refractivity contribution in [1.82, 2.24) is 0 Å². The van der Waals surface area contributed by atoms with Gasteiger partial charge in [-0.15, -0.1) is 11.8 Å². The normalized spacial score (nSPS) is 11.7. The third-order valence-electron chi connectivity index (χ3n) is 6.44. The summed E-state index contributed by atoms with van der Waals surface area (Å²) in [6.45, 7) is 0. The Kier molecular flexibility index (Phi) is 9.31. The van der Waals surface area contributed by atoms with E-state index < -0.39 is 40.9 Å². The molecule has 0 atom stereocenters. The van der Waals surface area contributed by atoms with Crippen LogP contribution >= 0.6 is 11.8 Å². The highest BCUT2D eigenvalue weighted by Gasteiger charge is 2.46. The molecule has 0 spiro atoms. The molecule has 0 aliphatic rings. The van der Waals surface area contributed by atoms with Crippen molar-refractivity contribution in [2.24, 2.45) is 5.41 Å². The largest absolute Gasteiger partial charge is 0.481 e. The van der Waals surface area contributed by atoms with E-state index in [0.717, 1.165) is 16.7 Å². The fourth-order valence-corrected chi connectivity index (χ4v) is 6.05. The van der Waals surface area contributed by atoms with Gasteiger partial charge in [0.2, 0.25) is 0 Å². The molecule has 0 amide bonds. The predicted molar refractivity (Wildman–Crippen MR) is 140 cm³/mol. The van der Waals surface area contributed by atoms with E-state index in [0.29, 0.717) is 18.6 Å². The van der Waals surface area contributed by atoms with Gasteiger partial charge < -0.3 is 15.3 Å². The predicted octanol–water partition coefficient (Wildman–Crippen LogP) is 5.90. The minimum absolute atomic E-state index is 0.124. The summed E-state index contributed by atoms with van der Waals surface area (Å²) in [6.07, 6.45) is -0.150. The molecule has 7 heteroatoms. The van der Waals surface area contributed by atoms with E-state index in [2.05, 4.69) is 36.4 Å². The molecule has 3 aromatic rings. The molecule has 0 saturated heterocycles. The van der Waals surface area contributed by atoms with Gasteiger partial charge in [-0.05, 0) is 41.7 Å². The molecule has 188 valence electrons. The van der Waals surface area contributed by atoms with Crippen LogP contribution in [0.2, 0.25) is 0 Å². The Labute approximate surface area is 215 Å². The van der Waals surface area contributed by atoms with Crippen LogP contribution in [0, 0.1) is 5.41 Å². The van der Waals surface area contributed by atoms with Gasteiger partial charge in [-0.25, -0.2) is 0 Å². The fraction of sp³-hybridized carbons (Fsp3) is 0.276. The Bertz CT molecular complexity index is 1040. The Hall–Kier alpha value is -3.58. The van der Waals surface area contributed by atoms with Gasteiger partial charge >= 0.3 is 17.9 Å². The van der Waals surface area contributed by atoms with Gasteiger partial charge in [-0.1, -0.05) is 97.4 Å². The molecule has 3 aromatic carbocycles. The molecule has 0 radical (unpaired) electrons. The lowest BCUT2D eigenvalue weighted by Gasteiger charge is -2.35. The number of benzene rings is 3. The molecule has 3 rings (SSSR count).